The van der Waals surface area contributed by atoms with E-state index in [9.17, 15) is 14.1 Å². The Morgan fingerprint density at radius 1 is 0.724 bits per heavy atom. The van der Waals surface area contributed by atoms with E-state index in [2.05, 4.69) is 61.5 Å². The number of hydrogen-bond donors (Lipinski definition) is 0. The Bertz CT molecular complexity index is 645. The maximum absolute atomic E-state index is 9.91. The molecule has 2 rings (SSSR count). The van der Waals surface area contributed by atoms with Gasteiger partial charge >= 0.3 is 55.6 Å². The second-order valence-corrected chi connectivity index (χ2v) is 12.8. The Hall–Kier alpha value is -0.632. The van der Waals surface area contributed by atoms with E-state index in [-0.39, 0.29) is 25.9 Å². The van der Waals surface area contributed by atoms with E-state index in [1.54, 1.807) is 0 Å². The molecular weight excluding hydrogens is 619 g/mol. The Morgan fingerprint density at radius 2 is 1.21 bits per heavy atom. The molecule has 0 heterocycles. The maximum atomic E-state index is 9.91. The van der Waals surface area contributed by atoms with Gasteiger partial charge in [0.15, 0.2) is 7.14 Å². The molecule has 0 bridgehead atoms. The second kappa shape index (κ2) is 14.4. The average molecular weight is 645 g/mol. The first kappa shape index (κ1) is 28.4. The Morgan fingerprint density at radius 3 is 1.76 bits per heavy atom. The van der Waals surface area contributed by atoms with Crippen LogP contribution >= 0.6 is 0 Å². The third-order valence-corrected chi connectivity index (χ3v) is 6.22. The Balaban J connectivity index is 0.000000981. The van der Waals surface area contributed by atoms with E-state index in [4.69, 9.17) is 4.74 Å². The Labute approximate surface area is 183 Å². The molecule has 0 saturated carbocycles. The van der Waals surface area contributed by atoms with Gasteiger partial charge in [0.2, 0.25) is 0 Å². The van der Waals surface area contributed by atoms with Crippen LogP contribution in [0.3, 0.4) is 0 Å². The van der Waals surface area contributed by atoms with E-state index in [1.807, 2.05) is 0 Å². The van der Waals surface area contributed by atoms with Crippen LogP contribution in [-0.4, -0.2) is 26.9 Å². The van der Waals surface area contributed by atoms with Crippen LogP contribution in [0.1, 0.15) is 45.4 Å². The van der Waals surface area contributed by atoms with E-state index < -0.39 is 20.3 Å². The molecular formula is C20H26F6IOSb. The molecule has 1 nitrogen and oxygen atoms in total. The summed E-state index contributed by atoms with van der Waals surface area (Å²) in [6, 6.07) is 19.4. The zero-order chi connectivity index (χ0) is 20.9. The van der Waals surface area contributed by atoms with Crippen molar-refractivity contribution in [2.45, 2.75) is 45.4 Å². The Kier molecular flexibility index (Phi) is 14.1. The van der Waals surface area contributed by atoms with Crippen LogP contribution in [0.4, 0.5) is 14.1 Å². The molecule has 0 amide bonds. The molecule has 0 atom stereocenters. The van der Waals surface area contributed by atoms with Crippen molar-refractivity contribution in [3.05, 3.63) is 61.7 Å². The molecule has 9 heteroatoms. The molecule has 0 aliphatic rings. The monoisotopic (exact) mass is 644 g/mol. The van der Waals surface area contributed by atoms with Gasteiger partial charge in [0, 0.05) is 0 Å². The second-order valence-electron chi connectivity index (χ2n) is 6.10. The summed E-state index contributed by atoms with van der Waals surface area (Å²) in [6.45, 7) is 3.10. The van der Waals surface area contributed by atoms with Gasteiger partial charge in [-0.1, -0.05) is 57.2 Å². The first-order chi connectivity index (χ1) is 13.1. The predicted octanol–water partition coefficient (Wildman–Crippen LogP) is 1.28. The number of halogens is 7. The topological polar surface area (TPSA) is 9.23 Å². The van der Waals surface area contributed by atoms with Gasteiger partial charge in [-0.05, 0) is 42.8 Å². The minimum atomic E-state index is -9.19. The van der Waals surface area contributed by atoms with E-state index in [0.29, 0.717) is 0 Å². The van der Waals surface area contributed by atoms with Gasteiger partial charge in [-0.15, -0.1) is 0 Å². The predicted molar refractivity (Wildman–Crippen MR) is 100 cm³/mol. The fraction of sp³-hybridized carbons (Fsp3) is 0.400. The van der Waals surface area contributed by atoms with E-state index in [0.717, 1.165) is 12.4 Å². The molecule has 0 aliphatic heterocycles. The van der Waals surface area contributed by atoms with Crippen LogP contribution in [0, 0.1) is 7.14 Å². The standard InChI is InChI=1S/C20H26IO.6FH.Sb/c1-2-3-4-5-6-10-17-22-20-15-13-19(14-16-20)21-18-11-8-7-9-12-18;;;;;;;/h7-9,11-16H,2-6,10,17H2,1H3;6*1H;/q+1;;;;;;;+5/p-6. The number of hydrogen-bond acceptors (Lipinski definition) is 1. The summed E-state index contributed by atoms with van der Waals surface area (Å²) < 4.78 is 58.3. The van der Waals surface area contributed by atoms with Gasteiger partial charge in [-0.3, -0.25) is 0 Å². The molecule has 0 saturated heterocycles. The van der Waals surface area contributed by atoms with Crippen molar-refractivity contribution in [1.82, 2.24) is 0 Å². The molecule has 0 unspecified atom stereocenters. The van der Waals surface area contributed by atoms with Crippen molar-refractivity contribution >= 4 is 20.3 Å². The molecule has 2 aromatic carbocycles. The average Bonchev–Trinajstić information content (AvgIpc) is 2.61. The number of unbranched alkanes of at least 4 members (excludes halogenated alkanes) is 5. The quantitative estimate of drug-likeness (QED) is 0.164. The summed E-state index contributed by atoms with van der Waals surface area (Å²) in [5, 5.41) is 0. The van der Waals surface area contributed by atoms with Crippen molar-refractivity contribution in [2.24, 2.45) is 0 Å². The van der Waals surface area contributed by atoms with Crippen LogP contribution in [0.15, 0.2) is 54.6 Å². The number of ether oxygens (including phenoxy) is 1. The van der Waals surface area contributed by atoms with Crippen molar-refractivity contribution in [3.8, 4) is 5.75 Å². The van der Waals surface area contributed by atoms with Gasteiger partial charge in [-0.2, -0.15) is 0 Å². The van der Waals surface area contributed by atoms with Crippen molar-refractivity contribution in [3.63, 3.8) is 0 Å². The zero-order valence-electron chi connectivity index (χ0n) is 16.1. The summed E-state index contributed by atoms with van der Waals surface area (Å²) in [5.74, 6) is 1.01. The zero-order valence-corrected chi connectivity index (χ0v) is 20.9. The molecule has 0 aliphatic carbocycles. The SMILES string of the molecule is CCCCCCCCOc1ccc([I+]c2ccccc2)cc1.[F-].[F][Sb]([F])([F])([F])[F]. The molecule has 0 spiro atoms. The van der Waals surface area contributed by atoms with E-state index in [1.165, 1.54) is 45.7 Å². The van der Waals surface area contributed by atoms with Crippen molar-refractivity contribution < 1.29 is 44.7 Å². The molecule has 2 aromatic rings. The summed E-state index contributed by atoms with van der Waals surface area (Å²) >= 11 is -9.26. The van der Waals surface area contributed by atoms with Crippen LogP contribution < -0.4 is 30.6 Å². The summed E-state index contributed by atoms with van der Waals surface area (Å²) in [4.78, 5) is 0. The summed E-state index contributed by atoms with van der Waals surface area (Å²) in [5.41, 5.74) is 0. The van der Waals surface area contributed by atoms with Crippen LogP contribution in [-0.2, 0) is 0 Å². The molecule has 0 fully saturated rings. The molecule has 0 N–H and O–H groups in total. The number of rotatable bonds is 10. The molecule has 166 valence electrons. The van der Waals surface area contributed by atoms with Gasteiger partial charge in [0.1, 0.15) is 5.75 Å². The van der Waals surface area contributed by atoms with Crippen LogP contribution in [0.2, 0.25) is 0 Å². The fourth-order valence-corrected chi connectivity index (χ4v) is 4.48. The summed E-state index contributed by atoms with van der Waals surface area (Å²) in [6.07, 6.45) is 7.85. The number of benzene rings is 2. The van der Waals surface area contributed by atoms with Gasteiger partial charge in [0.05, 0.1) is 6.61 Å². The first-order valence-electron chi connectivity index (χ1n) is 9.16. The van der Waals surface area contributed by atoms with Crippen molar-refractivity contribution in [1.29, 1.82) is 0 Å². The van der Waals surface area contributed by atoms with Gasteiger partial charge < -0.3 is 9.44 Å². The van der Waals surface area contributed by atoms with Gasteiger partial charge in [0.25, 0.3) is 0 Å². The normalized spacial score (nSPS) is 12.0. The van der Waals surface area contributed by atoms with Crippen LogP contribution in [0.25, 0.3) is 0 Å². The first-order valence-corrected chi connectivity index (χ1v) is 16.1. The summed E-state index contributed by atoms with van der Waals surface area (Å²) in [7, 11) is 0. The minimum absolute atomic E-state index is 0. The van der Waals surface area contributed by atoms with Gasteiger partial charge in [-0.25, -0.2) is 0 Å². The molecule has 0 aromatic heterocycles. The van der Waals surface area contributed by atoms with Crippen LogP contribution in [0.5, 0.6) is 5.75 Å². The molecule has 0 radical (unpaired) electrons. The van der Waals surface area contributed by atoms with E-state index >= 15 is 0 Å². The van der Waals surface area contributed by atoms with Crippen molar-refractivity contribution in [2.75, 3.05) is 6.61 Å². The third-order valence-electron chi connectivity index (χ3n) is 3.53. The fourth-order valence-electron chi connectivity index (χ4n) is 2.27. The molecule has 29 heavy (non-hydrogen) atoms. The third kappa shape index (κ3) is 19.1.